The zero-order valence-corrected chi connectivity index (χ0v) is 12.6. The van der Waals surface area contributed by atoms with Crippen molar-refractivity contribution < 1.29 is 9.50 Å². The predicted octanol–water partition coefficient (Wildman–Crippen LogP) is 4.89. The summed E-state index contributed by atoms with van der Waals surface area (Å²) < 4.78 is 13.1. The Hall–Kier alpha value is -0.600. The Morgan fingerprint density at radius 1 is 1.05 bits per heavy atom. The molecule has 2 fully saturated rings. The Balaban J connectivity index is 1.68. The van der Waals surface area contributed by atoms with Crippen molar-refractivity contribution in [1.82, 2.24) is 0 Å². The number of halogens is 2. The third kappa shape index (κ3) is 2.87. The molecular weight excluding hydrogens is 275 g/mol. The highest BCUT2D eigenvalue weighted by atomic mass is 35.5. The van der Waals surface area contributed by atoms with Crippen LogP contribution in [-0.4, -0.2) is 10.7 Å². The molecule has 0 aliphatic heterocycles. The molecule has 0 unspecified atom stereocenters. The number of aliphatic hydroxyl groups is 1. The molecule has 1 aromatic carbocycles. The molecule has 2 aliphatic rings. The second kappa shape index (κ2) is 5.31. The van der Waals surface area contributed by atoms with Crippen LogP contribution in [0.1, 0.15) is 56.9 Å². The van der Waals surface area contributed by atoms with Crippen LogP contribution in [0.25, 0.3) is 0 Å². The molecule has 3 rings (SSSR count). The van der Waals surface area contributed by atoms with Crippen LogP contribution in [0.2, 0.25) is 5.02 Å². The van der Waals surface area contributed by atoms with Gasteiger partial charge in [-0.15, -0.1) is 0 Å². The summed E-state index contributed by atoms with van der Waals surface area (Å²) in [5.74, 6) is -0.320. The topological polar surface area (TPSA) is 20.2 Å². The van der Waals surface area contributed by atoms with Crippen molar-refractivity contribution in [2.45, 2.75) is 63.4 Å². The van der Waals surface area contributed by atoms with Crippen molar-refractivity contribution >= 4 is 11.6 Å². The lowest BCUT2D eigenvalue weighted by Gasteiger charge is -2.42. The van der Waals surface area contributed by atoms with E-state index in [4.69, 9.17) is 11.6 Å². The van der Waals surface area contributed by atoms with E-state index >= 15 is 0 Å². The van der Waals surface area contributed by atoms with Gasteiger partial charge in [-0.1, -0.05) is 30.5 Å². The molecule has 2 saturated carbocycles. The maximum absolute atomic E-state index is 13.1. The van der Waals surface area contributed by atoms with Crippen LogP contribution in [-0.2, 0) is 6.42 Å². The number of rotatable bonds is 2. The van der Waals surface area contributed by atoms with Crippen LogP contribution in [0.3, 0.4) is 0 Å². The first-order valence-corrected chi connectivity index (χ1v) is 8.05. The van der Waals surface area contributed by atoms with Crippen molar-refractivity contribution in [3.63, 3.8) is 0 Å². The van der Waals surface area contributed by atoms with Crippen LogP contribution in [0.5, 0.6) is 0 Å². The largest absolute Gasteiger partial charge is 0.390 e. The molecule has 110 valence electrons. The van der Waals surface area contributed by atoms with E-state index in [0.717, 1.165) is 31.2 Å². The maximum Gasteiger partial charge on any atom is 0.124 e. The molecule has 0 aromatic heterocycles. The van der Waals surface area contributed by atoms with E-state index in [1.807, 2.05) is 0 Å². The van der Waals surface area contributed by atoms with Crippen LogP contribution in [0.15, 0.2) is 18.2 Å². The molecular formula is C17H22ClFO. The number of benzene rings is 1. The van der Waals surface area contributed by atoms with E-state index in [1.54, 1.807) is 6.07 Å². The Bertz CT molecular complexity index is 484. The van der Waals surface area contributed by atoms with Crippen molar-refractivity contribution in [3.8, 4) is 0 Å². The van der Waals surface area contributed by atoms with Crippen molar-refractivity contribution in [1.29, 1.82) is 0 Å². The average Bonchev–Trinajstić information content (AvgIpc) is 2.87. The van der Waals surface area contributed by atoms with Gasteiger partial charge in [-0.3, -0.25) is 0 Å². The molecule has 20 heavy (non-hydrogen) atoms. The minimum Gasteiger partial charge on any atom is -0.390 e. The second-order valence-electron chi connectivity index (χ2n) is 6.84. The summed E-state index contributed by atoms with van der Waals surface area (Å²) in [4.78, 5) is 0. The molecule has 1 nitrogen and oxygen atoms in total. The fraction of sp³-hybridized carbons (Fsp3) is 0.647. The smallest absolute Gasteiger partial charge is 0.124 e. The van der Waals surface area contributed by atoms with Gasteiger partial charge in [-0.05, 0) is 61.6 Å². The van der Waals surface area contributed by atoms with Gasteiger partial charge in [0, 0.05) is 11.4 Å². The minimum atomic E-state index is -0.657. The van der Waals surface area contributed by atoms with Crippen LogP contribution >= 0.6 is 11.6 Å². The van der Waals surface area contributed by atoms with Crippen molar-refractivity contribution in [2.24, 2.45) is 5.41 Å². The Labute approximate surface area is 125 Å². The standard InChI is InChI=1S/C17H22ClFO/c18-15-11-14(19)4-3-13(15)12-17(20)9-7-16(8-10-17)5-1-2-6-16/h3-4,11,20H,1-2,5-10,12H2. The lowest BCUT2D eigenvalue weighted by atomic mass is 9.66. The number of hydrogen-bond donors (Lipinski definition) is 1. The molecule has 3 heteroatoms. The summed E-state index contributed by atoms with van der Waals surface area (Å²) in [5.41, 5.74) is 0.714. The van der Waals surface area contributed by atoms with Crippen LogP contribution in [0.4, 0.5) is 4.39 Å². The van der Waals surface area contributed by atoms with Gasteiger partial charge in [0.05, 0.1) is 5.60 Å². The van der Waals surface area contributed by atoms with Crippen molar-refractivity contribution in [2.75, 3.05) is 0 Å². The Morgan fingerprint density at radius 2 is 1.70 bits per heavy atom. The minimum absolute atomic E-state index is 0.320. The Morgan fingerprint density at radius 3 is 2.30 bits per heavy atom. The lowest BCUT2D eigenvalue weighted by molar-refractivity contribution is -0.0322. The van der Waals surface area contributed by atoms with E-state index in [0.29, 0.717) is 16.9 Å². The molecule has 0 amide bonds. The molecule has 1 aromatic rings. The third-order valence-corrected chi connectivity index (χ3v) is 5.79. The first-order chi connectivity index (χ1) is 9.50. The maximum atomic E-state index is 13.1. The molecule has 1 N–H and O–H groups in total. The van der Waals surface area contributed by atoms with Crippen LogP contribution < -0.4 is 0 Å². The summed E-state index contributed by atoms with van der Waals surface area (Å²) in [7, 11) is 0. The van der Waals surface area contributed by atoms with Gasteiger partial charge in [-0.2, -0.15) is 0 Å². The average molecular weight is 297 g/mol. The quantitative estimate of drug-likeness (QED) is 0.824. The molecule has 0 atom stereocenters. The van der Waals surface area contributed by atoms with E-state index in [2.05, 4.69) is 0 Å². The summed E-state index contributed by atoms with van der Waals surface area (Å²) in [6, 6.07) is 4.46. The van der Waals surface area contributed by atoms with E-state index in [1.165, 1.54) is 37.8 Å². The molecule has 2 aliphatic carbocycles. The SMILES string of the molecule is OC1(Cc2ccc(F)cc2Cl)CCC2(CCCC2)CC1. The summed E-state index contributed by atoms with van der Waals surface area (Å²) in [6.07, 6.45) is 9.86. The monoisotopic (exact) mass is 296 g/mol. The fourth-order valence-electron chi connectivity index (χ4n) is 4.07. The fourth-order valence-corrected chi connectivity index (χ4v) is 4.30. The molecule has 0 heterocycles. The van der Waals surface area contributed by atoms with E-state index in [9.17, 15) is 9.50 Å². The van der Waals surface area contributed by atoms with Crippen LogP contribution in [0, 0.1) is 11.2 Å². The second-order valence-corrected chi connectivity index (χ2v) is 7.25. The molecule has 0 bridgehead atoms. The van der Waals surface area contributed by atoms with Gasteiger partial charge < -0.3 is 5.11 Å². The first kappa shape index (κ1) is 14.3. The highest BCUT2D eigenvalue weighted by molar-refractivity contribution is 6.31. The van der Waals surface area contributed by atoms with Gasteiger partial charge in [0.15, 0.2) is 0 Å². The molecule has 0 radical (unpaired) electrons. The zero-order chi connectivity index (χ0) is 14.2. The first-order valence-electron chi connectivity index (χ1n) is 7.67. The van der Waals surface area contributed by atoms with E-state index in [-0.39, 0.29) is 5.82 Å². The third-order valence-electron chi connectivity index (χ3n) is 5.44. The van der Waals surface area contributed by atoms with E-state index < -0.39 is 5.60 Å². The van der Waals surface area contributed by atoms with Gasteiger partial charge in [-0.25, -0.2) is 4.39 Å². The van der Waals surface area contributed by atoms with Gasteiger partial charge >= 0.3 is 0 Å². The highest BCUT2D eigenvalue weighted by Gasteiger charge is 2.43. The molecule has 0 saturated heterocycles. The van der Waals surface area contributed by atoms with Gasteiger partial charge in [0.25, 0.3) is 0 Å². The number of hydrogen-bond acceptors (Lipinski definition) is 1. The molecule has 1 spiro atoms. The highest BCUT2D eigenvalue weighted by Crippen LogP contribution is 2.51. The summed E-state index contributed by atoms with van der Waals surface area (Å²) in [6.45, 7) is 0. The van der Waals surface area contributed by atoms with Crippen molar-refractivity contribution in [3.05, 3.63) is 34.6 Å². The summed E-state index contributed by atoms with van der Waals surface area (Å²) in [5, 5.41) is 11.2. The van der Waals surface area contributed by atoms with Gasteiger partial charge in [0.1, 0.15) is 5.82 Å². The zero-order valence-electron chi connectivity index (χ0n) is 11.8. The summed E-state index contributed by atoms with van der Waals surface area (Å²) >= 11 is 6.08. The Kier molecular flexibility index (Phi) is 3.81. The predicted molar refractivity (Wildman–Crippen MR) is 79.4 cm³/mol. The normalized spacial score (nSPS) is 24.1. The lowest BCUT2D eigenvalue weighted by Crippen LogP contribution is -2.39. The van der Waals surface area contributed by atoms with Gasteiger partial charge in [0.2, 0.25) is 0 Å².